The molecule has 3 aromatic rings. The summed E-state index contributed by atoms with van der Waals surface area (Å²) in [5.41, 5.74) is 2.72. The Morgan fingerprint density at radius 2 is 2.07 bits per heavy atom. The maximum atomic E-state index is 12.0. The molecule has 2 fully saturated rings. The number of carbonyl (C=O) groups is 2. The van der Waals surface area contributed by atoms with Crippen LogP contribution in [0.3, 0.4) is 0 Å². The highest BCUT2D eigenvalue weighted by Gasteiger charge is 2.26. The zero-order valence-corrected chi connectivity index (χ0v) is 16.4. The third-order valence-corrected chi connectivity index (χ3v) is 5.03. The zero-order valence-electron chi connectivity index (χ0n) is 16.4. The van der Waals surface area contributed by atoms with E-state index in [1.54, 1.807) is 29.2 Å². The number of anilines is 2. The van der Waals surface area contributed by atoms with Crippen molar-refractivity contribution < 1.29 is 9.59 Å². The second-order valence-electron chi connectivity index (χ2n) is 7.54. The summed E-state index contributed by atoms with van der Waals surface area (Å²) in [5.74, 6) is 0.469. The highest BCUT2D eigenvalue weighted by atomic mass is 16.2. The average Bonchev–Trinajstić information content (AvgIpc) is 3.37. The summed E-state index contributed by atoms with van der Waals surface area (Å²) in [4.78, 5) is 38.9. The number of pyridine rings is 1. The van der Waals surface area contributed by atoms with Crippen LogP contribution in [0.2, 0.25) is 0 Å². The van der Waals surface area contributed by atoms with E-state index < -0.39 is 0 Å². The molecule has 3 aromatic heterocycles. The maximum absolute atomic E-state index is 12.0. The van der Waals surface area contributed by atoms with Gasteiger partial charge in [-0.1, -0.05) is 0 Å². The number of imide groups is 1. The molecule has 10 heteroatoms. The van der Waals surface area contributed by atoms with Crippen LogP contribution in [0.15, 0.2) is 36.3 Å². The van der Waals surface area contributed by atoms with E-state index in [4.69, 9.17) is 4.98 Å². The number of carbonyl (C=O) groups excluding carboxylic acids is 2. The molecule has 0 unspecified atom stereocenters. The molecule has 1 saturated carbocycles. The van der Waals surface area contributed by atoms with E-state index in [0.29, 0.717) is 41.3 Å². The minimum atomic E-state index is -0.375. The van der Waals surface area contributed by atoms with Gasteiger partial charge in [0.25, 0.3) is 5.91 Å². The monoisotopic (exact) mass is 404 g/mol. The van der Waals surface area contributed by atoms with Crippen LogP contribution in [-0.2, 0) is 16.1 Å². The molecule has 5 rings (SSSR count). The second-order valence-corrected chi connectivity index (χ2v) is 7.54. The van der Waals surface area contributed by atoms with Crippen molar-refractivity contribution >= 4 is 35.4 Å². The van der Waals surface area contributed by atoms with E-state index in [-0.39, 0.29) is 18.2 Å². The number of nitrogens with zero attached hydrogens (tertiary/aromatic N) is 6. The van der Waals surface area contributed by atoms with Gasteiger partial charge >= 0.3 is 0 Å². The molecule has 1 aliphatic carbocycles. The van der Waals surface area contributed by atoms with Gasteiger partial charge < -0.3 is 10.2 Å². The standard InChI is InChI=1S/C20H20N8O2/c1-27(11-12-4-6-21-7-5-12)19-25-17-14(8-13-9-16(29)24-18(13)30)10-22-28(17)20(26-19)23-15-2-3-15/h4-8,10,15H,2-3,9,11H2,1H3,(H,23,25,26)(H,24,29,30)/b13-8+. The van der Waals surface area contributed by atoms with E-state index >= 15 is 0 Å². The molecule has 30 heavy (non-hydrogen) atoms. The van der Waals surface area contributed by atoms with E-state index in [9.17, 15) is 9.59 Å². The van der Waals surface area contributed by atoms with E-state index in [0.717, 1.165) is 18.4 Å². The Kier molecular flexibility index (Phi) is 4.38. The molecule has 0 bridgehead atoms. The Bertz CT molecular complexity index is 1170. The number of fused-ring (bicyclic) bond motifs is 1. The van der Waals surface area contributed by atoms with Crippen LogP contribution in [0.5, 0.6) is 0 Å². The molecule has 2 N–H and O–H groups in total. The Labute approximate surface area is 172 Å². The van der Waals surface area contributed by atoms with Crippen LogP contribution in [0.4, 0.5) is 11.9 Å². The van der Waals surface area contributed by atoms with Crippen LogP contribution in [-0.4, -0.2) is 49.5 Å². The number of nitrogens with one attached hydrogen (secondary N) is 2. The molecule has 2 aliphatic rings. The first-order chi connectivity index (χ1) is 14.6. The summed E-state index contributed by atoms with van der Waals surface area (Å²) in [6.45, 7) is 0.614. The molecule has 0 atom stereocenters. The fourth-order valence-electron chi connectivity index (χ4n) is 3.30. The van der Waals surface area contributed by atoms with Gasteiger partial charge in [0.05, 0.1) is 12.6 Å². The Balaban J connectivity index is 1.55. The molecular weight excluding hydrogens is 384 g/mol. The first-order valence-corrected chi connectivity index (χ1v) is 9.74. The van der Waals surface area contributed by atoms with Crippen molar-refractivity contribution in [3.8, 4) is 0 Å². The molecule has 1 aliphatic heterocycles. The normalized spacial score (nSPS) is 17.6. The largest absolute Gasteiger partial charge is 0.351 e. The molecule has 0 spiro atoms. The highest BCUT2D eigenvalue weighted by molar-refractivity contribution is 6.15. The summed E-state index contributed by atoms with van der Waals surface area (Å²) in [6, 6.07) is 4.27. The molecule has 152 valence electrons. The fraction of sp³-hybridized carbons (Fsp3) is 0.300. The predicted octanol–water partition coefficient (Wildman–Crippen LogP) is 1.16. The third kappa shape index (κ3) is 3.59. The maximum Gasteiger partial charge on any atom is 0.254 e. The first kappa shape index (κ1) is 18.2. The summed E-state index contributed by atoms with van der Waals surface area (Å²) < 4.78 is 1.64. The van der Waals surface area contributed by atoms with Crippen LogP contribution in [0.25, 0.3) is 11.7 Å². The lowest BCUT2D eigenvalue weighted by atomic mass is 10.1. The lowest BCUT2D eigenvalue weighted by Gasteiger charge is -2.18. The molecule has 4 heterocycles. The van der Waals surface area contributed by atoms with Gasteiger partial charge in [0.1, 0.15) is 0 Å². The van der Waals surface area contributed by atoms with Crippen LogP contribution in [0, 0.1) is 0 Å². The topological polar surface area (TPSA) is 117 Å². The van der Waals surface area contributed by atoms with Crippen LogP contribution < -0.4 is 15.5 Å². The molecular formula is C20H20N8O2. The Morgan fingerprint density at radius 1 is 1.27 bits per heavy atom. The smallest absolute Gasteiger partial charge is 0.254 e. The Hall–Kier alpha value is -3.82. The summed E-state index contributed by atoms with van der Waals surface area (Å²) in [5, 5.41) is 10.1. The van der Waals surface area contributed by atoms with Gasteiger partial charge in [0, 0.05) is 43.2 Å². The molecule has 1 saturated heterocycles. The number of rotatable bonds is 6. The number of amides is 2. The summed E-state index contributed by atoms with van der Waals surface area (Å²) in [7, 11) is 1.92. The molecule has 2 amide bonds. The number of hydrogen-bond donors (Lipinski definition) is 2. The van der Waals surface area contributed by atoms with Gasteiger partial charge in [-0.2, -0.15) is 19.6 Å². The minimum Gasteiger partial charge on any atom is -0.351 e. The lowest BCUT2D eigenvalue weighted by molar-refractivity contribution is -0.124. The van der Waals surface area contributed by atoms with Crippen molar-refractivity contribution in [2.75, 3.05) is 17.3 Å². The Morgan fingerprint density at radius 3 is 2.77 bits per heavy atom. The lowest BCUT2D eigenvalue weighted by Crippen LogP contribution is -2.21. The van der Waals surface area contributed by atoms with Crippen molar-refractivity contribution in [3.05, 3.63) is 47.4 Å². The van der Waals surface area contributed by atoms with Gasteiger partial charge in [-0.05, 0) is 36.6 Å². The zero-order chi connectivity index (χ0) is 20.7. The van der Waals surface area contributed by atoms with Gasteiger partial charge in [0.15, 0.2) is 5.65 Å². The highest BCUT2D eigenvalue weighted by Crippen LogP contribution is 2.27. The quantitative estimate of drug-likeness (QED) is 0.464. The third-order valence-electron chi connectivity index (χ3n) is 5.03. The van der Waals surface area contributed by atoms with Crippen molar-refractivity contribution in [2.24, 2.45) is 0 Å². The first-order valence-electron chi connectivity index (χ1n) is 9.74. The average molecular weight is 404 g/mol. The minimum absolute atomic E-state index is 0.0588. The fourth-order valence-corrected chi connectivity index (χ4v) is 3.30. The van der Waals surface area contributed by atoms with E-state index in [1.165, 1.54) is 0 Å². The van der Waals surface area contributed by atoms with E-state index in [2.05, 4.69) is 25.7 Å². The predicted molar refractivity (Wildman–Crippen MR) is 110 cm³/mol. The van der Waals surface area contributed by atoms with E-state index in [1.807, 2.05) is 24.1 Å². The summed E-state index contributed by atoms with van der Waals surface area (Å²) in [6.07, 6.45) is 9.05. The van der Waals surface area contributed by atoms with Gasteiger partial charge in [-0.25, -0.2) is 0 Å². The summed E-state index contributed by atoms with van der Waals surface area (Å²) >= 11 is 0. The molecule has 10 nitrogen and oxygen atoms in total. The van der Waals surface area contributed by atoms with Crippen molar-refractivity contribution in [2.45, 2.75) is 31.8 Å². The van der Waals surface area contributed by atoms with Crippen molar-refractivity contribution in [3.63, 3.8) is 0 Å². The van der Waals surface area contributed by atoms with Gasteiger partial charge in [-0.15, -0.1) is 0 Å². The SMILES string of the molecule is CN(Cc1ccncc1)c1nc(NC2CC2)n2ncc(/C=C3\CC(=O)NC3=O)c2n1. The van der Waals surface area contributed by atoms with Gasteiger partial charge in [-0.3, -0.25) is 19.9 Å². The number of hydrogen-bond acceptors (Lipinski definition) is 8. The van der Waals surface area contributed by atoms with Crippen LogP contribution in [0.1, 0.15) is 30.4 Å². The molecule has 0 radical (unpaired) electrons. The van der Waals surface area contributed by atoms with Crippen molar-refractivity contribution in [1.82, 2.24) is 29.9 Å². The molecule has 0 aromatic carbocycles. The van der Waals surface area contributed by atoms with Crippen LogP contribution >= 0.6 is 0 Å². The number of aromatic nitrogens is 5. The van der Waals surface area contributed by atoms with Crippen molar-refractivity contribution in [1.29, 1.82) is 0 Å². The second kappa shape index (κ2) is 7.21. The van der Waals surface area contributed by atoms with Gasteiger partial charge in [0.2, 0.25) is 17.8 Å².